The van der Waals surface area contributed by atoms with Crippen molar-refractivity contribution in [1.29, 1.82) is 0 Å². The fourth-order valence-electron chi connectivity index (χ4n) is 3.17. The molecular formula is C21H22N2O4. The van der Waals surface area contributed by atoms with E-state index < -0.39 is 17.7 Å². The second kappa shape index (κ2) is 7.63. The lowest BCUT2D eigenvalue weighted by Crippen LogP contribution is -2.35. The molecule has 1 amide bonds. The molecule has 0 unspecified atom stereocenters. The molecule has 0 spiro atoms. The molecule has 140 valence electrons. The second-order valence-corrected chi connectivity index (χ2v) is 6.75. The third-order valence-electron chi connectivity index (χ3n) is 4.58. The van der Waals surface area contributed by atoms with Crippen LogP contribution in [0.3, 0.4) is 0 Å². The Hall–Kier alpha value is -3.12. The average Bonchev–Trinajstić information content (AvgIpc) is 2.91. The van der Waals surface area contributed by atoms with Crippen molar-refractivity contribution in [2.75, 3.05) is 27.2 Å². The van der Waals surface area contributed by atoms with Gasteiger partial charge in [-0.05, 0) is 31.8 Å². The number of aliphatic hydroxyl groups excluding tert-OH is 1. The number of likely N-dealkylation sites (tertiary alicyclic amines) is 1. The van der Waals surface area contributed by atoms with Crippen molar-refractivity contribution in [3.63, 3.8) is 0 Å². The Morgan fingerprint density at radius 2 is 1.67 bits per heavy atom. The Kier molecular flexibility index (Phi) is 5.28. The third-order valence-corrected chi connectivity index (χ3v) is 4.58. The number of hydrogen-bond acceptors (Lipinski definition) is 5. The average molecular weight is 366 g/mol. The molecule has 0 aliphatic carbocycles. The van der Waals surface area contributed by atoms with Crippen LogP contribution in [0.5, 0.6) is 5.75 Å². The highest BCUT2D eigenvalue weighted by Gasteiger charge is 2.45. The van der Waals surface area contributed by atoms with Gasteiger partial charge in [0.05, 0.1) is 11.6 Å². The van der Waals surface area contributed by atoms with Gasteiger partial charge in [0, 0.05) is 18.7 Å². The molecule has 1 aliphatic rings. The molecule has 2 aromatic carbocycles. The van der Waals surface area contributed by atoms with Gasteiger partial charge in [0.1, 0.15) is 11.5 Å². The van der Waals surface area contributed by atoms with E-state index >= 15 is 0 Å². The molecule has 2 aromatic rings. The quantitative estimate of drug-likeness (QED) is 0.482. The lowest BCUT2D eigenvalue weighted by atomic mass is 9.95. The zero-order chi connectivity index (χ0) is 19.6. The number of amides is 1. The predicted molar refractivity (Wildman–Crippen MR) is 102 cm³/mol. The highest BCUT2D eigenvalue weighted by molar-refractivity contribution is 6.46. The van der Waals surface area contributed by atoms with Gasteiger partial charge >= 0.3 is 0 Å². The van der Waals surface area contributed by atoms with Crippen LogP contribution in [0.1, 0.15) is 17.2 Å². The maximum Gasteiger partial charge on any atom is 0.295 e. The minimum atomic E-state index is -0.703. The molecule has 1 atom stereocenters. The number of likely N-dealkylation sites (N-methyl/N-ethyl adjacent to an activating group) is 1. The Morgan fingerprint density at radius 1 is 1.04 bits per heavy atom. The van der Waals surface area contributed by atoms with E-state index in [-0.39, 0.29) is 17.1 Å². The first-order valence-electron chi connectivity index (χ1n) is 8.67. The van der Waals surface area contributed by atoms with Gasteiger partial charge < -0.3 is 20.0 Å². The molecule has 6 heteroatoms. The van der Waals surface area contributed by atoms with E-state index in [2.05, 4.69) is 0 Å². The Morgan fingerprint density at radius 3 is 2.26 bits per heavy atom. The van der Waals surface area contributed by atoms with E-state index in [0.29, 0.717) is 24.2 Å². The normalized spacial score (nSPS) is 19.1. The van der Waals surface area contributed by atoms with E-state index in [4.69, 9.17) is 0 Å². The van der Waals surface area contributed by atoms with Crippen molar-refractivity contribution in [2.45, 2.75) is 6.04 Å². The third kappa shape index (κ3) is 3.71. The van der Waals surface area contributed by atoms with E-state index in [1.165, 1.54) is 17.0 Å². The van der Waals surface area contributed by atoms with E-state index in [9.17, 15) is 19.8 Å². The summed E-state index contributed by atoms with van der Waals surface area (Å²) in [6.07, 6.45) is 0. The number of phenols is 1. The minimum absolute atomic E-state index is 0.0654. The molecule has 27 heavy (non-hydrogen) atoms. The van der Waals surface area contributed by atoms with Gasteiger partial charge in [0.2, 0.25) is 0 Å². The molecule has 1 saturated heterocycles. The fraction of sp³-hybridized carbons (Fsp3) is 0.238. The fourth-order valence-corrected chi connectivity index (χ4v) is 3.17. The first-order chi connectivity index (χ1) is 12.9. The number of ketones is 1. The van der Waals surface area contributed by atoms with Crippen molar-refractivity contribution >= 4 is 17.4 Å². The molecule has 0 saturated carbocycles. The summed E-state index contributed by atoms with van der Waals surface area (Å²) in [6.45, 7) is 0.918. The van der Waals surface area contributed by atoms with Gasteiger partial charge in [-0.15, -0.1) is 0 Å². The molecule has 0 aromatic heterocycles. The topological polar surface area (TPSA) is 81.1 Å². The van der Waals surface area contributed by atoms with Gasteiger partial charge in [0.25, 0.3) is 11.7 Å². The van der Waals surface area contributed by atoms with Crippen LogP contribution in [0.25, 0.3) is 5.76 Å². The summed E-state index contributed by atoms with van der Waals surface area (Å²) < 4.78 is 0. The number of carbonyl (C=O) groups excluding carboxylic acids is 2. The van der Waals surface area contributed by atoms with Gasteiger partial charge in [0.15, 0.2) is 0 Å². The molecular weight excluding hydrogens is 344 g/mol. The van der Waals surface area contributed by atoms with Crippen LogP contribution >= 0.6 is 0 Å². The van der Waals surface area contributed by atoms with Crippen LogP contribution in [0.2, 0.25) is 0 Å². The Balaban J connectivity index is 2.13. The molecule has 3 rings (SSSR count). The zero-order valence-corrected chi connectivity index (χ0v) is 15.3. The maximum absolute atomic E-state index is 12.8. The van der Waals surface area contributed by atoms with Crippen LogP contribution in [0.15, 0.2) is 60.2 Å². The van der Waals surface area contributed by atoms with Crippen molar-refractivity contribution in [3.05, 3.63) is 71.3 Å². The van der Waals surface area contributed by atoms with Gasteiger partial charge in [-0.1, -0.05) is 42.5 Å². The number of phenolic OH excluding ortho intramolecular Hbond substituents is 1. The Bertz CT molecular complexity index is 873. The van der Waals surface area contributed by atoms with E-state index in [1.54, 1.807) is 36.4 Å². The lowest BCUT2D eigenvalue weighted by molar-refractivity contribution is -0.140. The maximum atomic E-state index is 12.8. The summed E-state index contributed by atoms with van der Waals surface area (Å²) >= 11 is 0. The van der Waals surface area contributed by atoms with Crippen LogP contribution < -0.4 is 0 Å². The van der Waals surface area contributed by atoms with Crippen molar-refractivity contribution in [1.82, 2.24) is 9.80 Å². The van der Waals surface area contributed by atoms with E-state index in [1.807, 2.05) is 25.1 Å². The summed E-state index contributed by atoms with van der Waals surface area (Å²) in [5, 5.41) is 20.4. The SMILES string of the molecule is CN(C)CCN1C(=O)C(=O)C(=C(O)c2ccccc2)[C@@H]1c1ccc(O)cc1. The standard InChI is InChI=1S/C21H22N2O4/c1-22(2)12-13-23-18(14-8-10-16(24)11-9-14)17(20(26)21(23)27)19(25)15-6-4-3-5-7-15/h3-11,18,24-25H,12-13H2,1-2H3/t18-/m0/s1. The summed E-state index contributed by atoms with van der Waals surface area (Å²) in [6, 6.07) is 14.3. The van der Waals surface area contributed by atoms with Crippen molar-refractivity contribution in [2.24, 2.45) is 0 Å². The van der Waals surface area contributed by atoms with Crippen molar-refractivity contribution in [3.8, 4) is 5.75 Å². The largest absolute Gasteiger partial charge is 0.508 e. The van der Waals surface area contributed by atoms with Crippen LogP contribution in [0, 0.1) is 0 Å². The molecule has 0 bridgehead atoms. The van der Waals surface area contributed by atoms with Gasteiger partial charge in [-0.3, -0.25) is 9.59 Å². The van der Waals surface area contributed by atoms with E-state index in [0.717, 1.165) is 0 Å². The Labute approximate surface area is 158 Å². The van der Waals surface area contributed by atoms with Gasteiger partial charge in [-0.25, -0.2) is 0 Å². The summed E-state index contributed by atoms with van der Waals surface area (Å²) in [5.74, 6) is -1.44. The number of carbonyl (C=O) groups is 2. The molecule has 2 N–H and O–H groups in total. The molecule has 6 nitrogen and oxygen atoms in total. The summed E-state index contributed by atoms with van der Waals surface area (Å²) in [5.41, 5.74) is 1.20. The number of aliphatic hydroxyl groups is 1. The monoisotopic (exact) mass is 366 g/mol. The number of hydrogen-bond donors (Lipinski definition) is 2. The summed E-state index contributed by atoms with van der Waals surface area (Å²) in [7, 11) is 3.77. The molecule has 1 fully saturated rings. The highest BCUT2D eigenvalue weighted by atomic mass is 16.3. The number of nitrogens with zero attached hydrogens (tertiary/aromatic N) is 2. The minimum Gasteiger partial charge on any atom is -0.508 e. The van der Waals surface area contributed by atoms with Crippen LogP contribution in [-0.4, -0.2) is 58.9 Å². The number of aromatic hydroxyl groups is 1. The highest BCUT2D eigenvalue weighted by Crippen LogP contribution is 2.39. The second-order valence-electron chi connectivity index (χ2n) is 6.75. The predicted octanol–water partition coefficient (Wildman–Crippen LogP) is 2.38. The first kappa shape index (κ1) is 18.7. The smallest absolute Gasteiger partial charge is 0.295 e. The zero-order valence-electron chi connectivity index (χ0n) is 15.3. The number of Topliss-reactive ketones (excluding diaryl/α,β-unsaturated/α-hetero) is 1. The number of rotatable bonds is 5. The molecule has 1 heterocycles. The summed E-state index contributed by atoms with van der Waals surface area (Å²) in [4.78, 5) is 28.8. The lowest BCUT2D eigenvalue weighted by Gasteiger charge is -2.26. The van der Waals surface area contributed by atoms with Gasteiger partial charge in [-0.2, -0.15) is 0 Å². The molecule has 1 aliphatic heterocycles. The van der Waals surface area contributed by atoms with Crippen LogP contribution in [0.4, 0.5) is 0 Å². The molecule has 0 radical (unpaired) electrons. The first-order valence-corrected chi connectivity index (χ1v) is 8.67. The number of benzene rings is 2. The van der Waals surface area contributed by atoms with Crippen LogP contribution in [-0.2, 0) is 9.59 Å². The van der Waals surface area contributed by atoms with Crippen molar-refractivity contribution < 1.29 is 19.8 Å².